The van der Waals surface area contributed by atoms with Crippen LogP contribution in [0.1, 0.15) is 62.2 Å². The summed E-state index contributed by atoms with van der Waals surface area (Å²) in [6, 6.07) is 13.9. The maximum absolute atomic E-state index is 13.3. The number of likely N-dealkylation sites (tertiary alicyclic amines) is 1. The van der Waals surface area contributed by atoms with Crippen molar-refractivity contribution in [1.29, 1.82) is 0 Å². The summed E-state index contributed by atoms with van der Waals surface area (Å²) in [5.41, 5.74) is 3.59. The number of hydrogen-bond acceptors (Lipinski definition) is 4. The van der Waals surface area contributed by atoms with Crippen molar-refractivity contribution in [3.63, 3.8) is 0 Å². The summed E-state index contributed by atoms with van der Waals surface area (Å²) in [6.07, 6.45) is 4.99. The summed E-state index contributed by atoms with van der Waals surface area (Å²) in [5, 5.41) is 19.5. The van der Waals surface area contributed by atoms with Gasteiger partial charge in [0.05, 0.1) is 24.4 Å². The van der Waals surface area contributed by atoms with Gasteiger partial charge in [-0.05, 0) is 49.6 Å². The minimum absolute atomic E-state index is 0.0807. The lowest BCUT2D eigenvalue weighted by molar-refractivity contribution is -0.140. The Bertz CT molecular complexity index is 1060. The zero-order valence-corrected chi connectivity index (χ0v) is 19.2. The molecule has 3 atom stereocenters. The van der Waals surface area contributed by atoms with Crippen molar-refractivity contribution < 1.29 is 14.3 Å². The molecule has 6 nitrogen and oxygen atoms in total. The van der Waals surface area contributed by atoms with Crippen LogP contribution in [-0.2, 0) is 4.79 Å². The Kier molecular flexibility index (Phi) is 7.18. The molecule has 7 heteroatoms. The number of halogens is 1. The fourth-order valence-electron chi connectivity index (χ4n) is 4.49. The molecule has 1 fully saturated rings. The molecule has 1 aliphatic heterocycles. The second-order valence-corrected chi connectivity index (χ2v) is 8.89. The predicted molar refractivity (Wildman–Crippen MR) is 125 cm³/mol. The molecule has 1 saturated heterocycles. The van der Waals surface area contributed by atoms with Crippen LogP contribution in [0.2, 0.25) is 0 Å². The molecule has 0 aliphatic carbocycles. The van der Waals surface area contributed by atoms with E-state index in [1.807, 2.05) is 11.8 Å². The standard InChI is InChI=1S/C26H31FN4O2/c1-3-4-5-6-26(33)30-17-25(32)24(15-23(30)20-9-7-18(2)8-10-20)31-16-22(28-29-31)19-11-13-21(27)14-12-19/h7-14,16,23-25,32H,3-6,15,17H2,1-2H3/t23-,24+,25+/m1/s1. The third-order valence-electron chi connectivity index (χ3n) is 6.44. The molecule has 0 bridgehead atoms. The van der Waals surface area contributed by atoms with E-state index in [0.29, 0.717) is 18.5 Å². The number of aromatic nitrogens is 3. The monoisotopic (exact) mass is 450 g/mol. The van der Waals surface area contributed by atoms with Gasteiger partial charge in [0.2, 0.25) is 5.91 Å². The Labute approximate surface area is 194 Å². The number of unbranched alkanes of at least 4 members (excludes halogenated alkanes) is 2. The maximum atomic E-state index is 13.3. The van der Waals surface area contributed by atoms with E-state index in [4.69, 9.17) is 0 Å². The highest BCUT2D eigenvalue weighted by Gasteiger charge is 2.39. The summed E-state index contributed by atoms with van der Waals surface area (Å²) < 4.78 is 15.0. The predicted octanol–water partition coefficient (Wildman–Crippen LogP) is 4.85. The average Bonchev–Trinajstić information content (AvgIpc) is 3.30. The van der Waals surface area contributed by atoms with Gasteiger partial charge in [-0.25, -0.2) is 9.07 Å². The number of β-amino-alcohol motifs (C(OH)–C–C–N with tert-alkyl or cyclic N) is 1. The number of benzene rings is 2. The lowest BCUT2D eigenvalue weighted by atomic mass is 9.89. The van der Waals surface area contributed by atoms with E-state index in [9.17, 15) is 14.3 Å². The van der Waals surface area contributed by atoms with Crippen molar-refractivity contribution in [2.75, 3.05) is 6.54 Å². The van der Waals surface area contributed by atoms with Gasteiger partial charge in [-0.3, -0.25) is 4.79 Å². The summed E-state index contributed by atoms with van der Waals surface area (Å²) in [7, 11) is 0. The highest BCUT2D eigenvalue weighted by Crippen LogP contribution is 2.37. The smallest absolute Gasteiger partial charge is 0.223 e. The van der Waals surface area contributed by atoms with Crippen molar-refractivity contribution in [2.24, 2.45) is 0 Å². The summed E-state index contributed by atoms with van der Waals surface area (Å²) in [5.74, 6) is -0.226. The Hall–Kier alpha value is -3.06. The van der Waals surface area contributed by atoms with Crippen LogP contribution in [0.3, 0.4) is 0 Å². The fourth-order valence-corrected chi connectivity index (χ4v) is 4.49. The third kappa shape index (κ3) is 5.30. The van der Waals surface area contributed by atoms with Crippen molar-refractivity contribution in [2.45, 2.75) is 64.1 Å². The van der Waals surface area contributed by atoms with Gasteiger partial charge in [0.25, 0.3) is 0 Å². The minimum Gasteiger partial charge on any atom is -0.389 e. The van der Waals surface area contributed by atoms with Crippen molar-refractivity contribution in [1.82, 2.24) is 19.9 Å². The van der Waals surface area contributed by atoms with Gasteiger partial charge < -0.3 is 10.0 Å². The van der Waals surface area contributed by atoms with E-state index in [2.05, 4.69) is 41.5 Å². The molecule has 3 aromatic rings. The molecule has 0 saturated carbocycles. The van der Waals surface area contributed by atoms with Gasteiger partial charge >= 0.3 is 0 Å². The summed E-state index contributed by atoms with van der Waals surface area (Å²) in [6.45, 7) is 4.41. The summed E-state index contributed by atoms with van der Waals surface area (Å²) >= 11 is 0. The van der Waals surface area contributed by atoms with Crippen LogP contribution in [0.25, 0.3) is 11.3 Å². The van der Waals surface area contributed by atoms with Gasteiger partial charge in [0.15, 0.2) is 0 Å². The van der Waals surface area contributed by atoms with Gasteiger partial charge in [-0.15, -0.1) is 5.10 Å². The van der Waals surface area contributed by atoms with E-state index >= 15 is 0 Å². The quantitative estimate of drug-likeness (QED) is 0.523. The molecule has 0 radical (unpaired) electrons. The fraction of sp³-hybridized carbons (Fsp3) is 0.423. The molecule has 1 N–H and O–H groups in total. The topological polar surface area (TPSA) is 71.2 Å². The molecule has 33 heavy (non-hydrogen) atoms. The zero-order chi connectivity index (χ0) is 23.4. The van der Waals surface area contributed by atoms with Gasteiger partial charge in [-0.1, -0.05) is 54.8 Å². The largest absolute Gasteiger partial charge is 0.389 e. The maximum Gasteiger partial charge on any atom is 0.223 e. The molecule has 4 rings (SSSR count). The zero-order valence-electron chi connectivity index (χ0n) is 19.2. The number of aryl methyl sites for hydroxylation is 1. The van der Waals surface area contributed by atoms with Crippen LogP contribution in [0, 0.1) is 12.7 Å². The van der Waals surface area contributed by atoms with E-state index in [-0.39, 0.29) is 30.4 Å². The highest BCUT2D eigenvalue weighted by molar-refractivity contribution is 5.77. The first-order valence-corrected chi connectivity index (χ1v) is 11.7. The number of nitrogens with zero attached hydrogens (tertiary/aromatic N) is 4. The molecule has 2 aromatic carbocycles. The van der Waals surface area contributed by atoms with Gasteiger partial charge in [0.1, 0.15) is 11.5 Å². The number of aliphatic hydroxyl groups is 1. The molecule has 1 aromatic heterocycles. The van der Waals surface area contributed by atoms with Crippen LogP contribution < -0.4 is 0 Å². The van der Waals surface area contributed by atoms with Gasteiger partial charge in [-0.2, -0.15) is 0 Å². The van der Waals surface area contributed by atoms with Gasteiger partial charge in [0, 0.05) is 18.5 Å². The van der Waals surface area contributed by atoms with E-state index < -0.39 is 6.10 Å². The van der Waals surface area contributed by atoms with Crippen LogP contribution in [-0.4, -0.2) is 43.6 Å². The molecule has 1 aliphatic rings. The Morgan fingerprint density at radius 2 is 1.85 bits per heavy atom. The number of amides is 1. The molecule has 0 spiro atoms. The number of carbonyl (C=O) groups is 1. The number of carbonyl (C=O) groups excluding carboxylic acids is 1. The Morgan fingerprint density at radius 3 is 2.55 bits per heavy atom. The van der Waals surface area contributed by atoms with Crippen LogP contribution >= 0.6 is 0 Å². The molecular formula is C26H31FN4O2. The normalized spacial score (nSPS) is 20.7. The summed E-state index contributed by atoms with van der Waals surface area (Å²) in [4.78, 5) is 14.9. The molecule has 174 valence electrons. The number of aliphatic hydroxyl groups excluding tert-OH is 1. The van der Waals surface area contributed by atoms with E-state index in [0.717, 1.165) is 36.0 Å². The van der Waals surface area contributed by atoms with Crippen LogP contribution in [0.5, 0.6) is 0 Å². The lowest BCUT2D eigenvalue weighted by Gasteiger charge is -2.42. The van der Waals surface area contributed by atoms with Crippen molar-refractivity contribution in [3.05, 3.63) is 71.7 Å². The number of hydrogen-bond donors (Lipinski definition) is 1. The molecule has 2 heterocycles. The molecule has 0 unspecified atom stereocenters. The Balaban J connectivity index is 1.59. The van der Waals surface area contributed by atoms with E-state index in [1.165, 1.54) is 12.1 Å². The second-order valence-electron chi connectivity index (χ2n) is 8.89. The first kappa shape index (κ1) is 23.1. The Morgan fingerprint density at radius 1 is 1.12 bits per heavy atom. The molecular weight excluding hydrogens is 419 g/mol. The van der Waals surface area contributed by atoms with E-state index in [1.54, 1.807) is 23.0 Å². The second kappa shape index (κ2) is 10.3. The van der Waals surface area contributed by atoms with Crippen molar-refractivity contribution >= 4 is 5.91 Å². The highest BCUT2D eigenvalue weighted by atomic mass is 19.1. The lowest BCUT2D eigenvalue weighted by Crippen LogP contribution is -2.49. The average molecular weight is 451 g/mol. The van der Waals surface area contributed by atoms with Crippen molar-refractivity contribution in [3.8, 4) is 11.3 Å². The SMILES string of the molecule is CCCCCC(=O)N1C[C@H](O)[C@@H](n2cc(-c3ccc(F)cc3)nn2)C[C@@H]1c1ccc(C)cc1. The van der Waals surface area contributed by atoms with Crippen LogP contribution in [0.15, 0.2) is 54.7 Å². The molecule has 1 amide bonds. The van der Waals surface area contributed by atoms with Crippen LogP contribution in [0.4, 0.5) is 4.39 Å². The minimum atomic E-state index is -0.760. The number of rotatable bonds is 7. The number of piperidine rings is 1. The first-order chi connectivity index (χ1) is 16.0. The third-order valence-corrected chi connectivity index (χ3v) is 6.44. The first-order valence-electron chi connectivity index (χ1n) is 11.7.